The first-order chi connectivity index (χ1) is 17.4. The summed E-state index contributed by atoms with van der Waals surface area (Å²) in [5.74, 6) is -1.91. The first-order valence-corrected chi connectivity index (χ1v) is 12.7. The van der Waals surface area contributed by atoms with Crippen molar-refractivity contribution < 1.29 is 23.9 Å². The summed E-state index contributed by atoms with van der Waals surface area (Å²) >= 11 is 3.32. The Bertz CT molecular complexity index is 1320. The summed E-state index contributed by atoms with van der Waals surface area (Å²) < 4.78 is 6.06. The summed E-state index contributed by atoms with van der Waals surface area (Å²) in [6.07, 6.45) is 2.15. The third-order valence-corrected chi connectivity index (χ3v) is 7.57. The molecule has 1 aliphatic carbocycles. The van der Waals surface area contributed by atoms with Gasteiger partial charge in [0.15, 0.2) is 12.4 Å². The van der Waals surface area contributed by atoms with Crippen LogP contribution in [-0.4, -0.2) is 30.2 Å². The highest BCUT2D eigenvalue weighted by Gasteiger charge is 2.50. The molecule has 2 amide bonds. The smallest absolute Gasteiger partial charge is 0.338 e. The van der Waals surface area contributed by atoms with Crippen LogP contribution in [-0.2, 0) is 14.3 Å². The van der Waals surface area contributed by atoms with Crippen LogP contribution in [0, 0.1) is 11.8 Å². The van der Waals surface area contributed by atoms with Crippen molar-refractivity contribution in [3.63, 3.8) is 0 Å². The van der Waals surface area contributed by atoms with Crippen molar-refractivity contribution in [1.82, 2.24) is 0 Å². The molecular formula is C29H24BrNO5. The Balaban J connectivity index is 1.28. The van der Waals surface area contributed by atoms with Gasteiger partial charge in [-0.05, 0) is 61.1 Å². The first kappa shape index (κ1) is 24.1. The zero-order chi connectivity index (χ0) is 25.2. The molecule has 0 N–H and O–H groups in total. The van der Waals surface area contributed by atoms with Gasteiger partial charge in [0, 0.05) is 10.0 Å². The number of anilines is 1. The summed E-state index contributed by atoms with van der Waals surface area (Å²) in [6, 6.07) is 23.1. The maximum Gasteiger partial charge on any atom is 0.338 e. The number of ether oxygens (including phenoxy) is 1. The average Bonchev–Trinajstić information content (AvgIpc) is 3.17. The van der Waals surface area contributed by atoms with E-state index in [1.807, 2.05) is 18.2 Å². The standard InChI is InChI=1S/C29H24BrNO5/c30-22-12-9-19(10-13-22)26(32)17-36-29(35)21-7-4-8-23(15-21)31-27(33)24-14-11-20(16-25(24)28(31)34)18-5-2-1-3-6-18/h1-10,12-13,15,20,24-25H,11,14,16-17H2/t20-,24+,25+/m0/s1. The minimum atomic E-state index is -0.692. The van der Waals surface area contributed by atoms with Gasteiger partial charge in [0.25, 0.3) is 0 Å². The van der Waals surface area contributed by atoms with Crippen molar-refractivity contribution in [2.24, 2.45) is 11.8 Å². The van der Waals surface area contributed by atoms with Gasteiger partial charge < -0.3 is 4.74 Å². The fourth-order valence-electron chi connectivity index (χ4n) is 5.17. The van der Waals surface area contributed by atoms with E-state index in [9.17, 15) is 19.2 Å². The number of ketones is 1. The summed E-state index contributed by atoms with van der Waals surface area (Å²) in [5, 5.41) is 0. The molecule has 5 rings (SSSR count). The van der Waals surface area contributed by atoms with Crippen LogP contribution >= 0.6 is 15.9 Å². The van der Waals surface area contributed by atoms with Crippen LogP contribution in [0.4, 0.5) is 5.69 Å². The minimum absolute atomic E-state index is 0.175. The van der Waals surface area contributed by atoms with Gasteiger partial charge in [-0.15, -0.1) is 0 Å². The molecule has 1 aliphatic heterocycles. The van der Waals surface area contributed by atoms with Gasteiger partial charge in [0.05, 0.1) is 23.1 Å². The lowest BCUT2D eigenvalue weighted by Gasteiger charge is -2.28. The molecule has 1 heterocycles. The largest absolute Gasteiger partial charge is 0.454 e. The number of hydrogen-bond acceptors (Lipinski definition) is 5. The molecule has 0 unspecified atom stereocenters. The number of benzene rings is 3. The SMILES string of the molecule is O=C(COC(=O)c1cccc(N2C(=O)[C@@H]3CC[C@H](c4ccccc4)C[C@H]3C2=O)c1)c1ccc(Br)cc1. The second-order valence-corrected chi connectivity index (χ2v) is 10.1. The molecule has 182 valence electrons. The fraction of sp³-hybridized carbons (Fsp3) is 0.241. The zero-order valence-corrected chi connectivity index (χ0v) is 21.0. The van der Waals surface area contributed by atoms with E-state index in [1.54, 1.807) is 42.5 Å². The van der Waals surface area contributed by atoms with E-state index in [1.165, 1.54) is 16.5 Å². The fourth-order valence-corrected chi connectivity index (χ4v) is 5.43. The molecule has 0 radical (unpaired) electrons. The molecule has 3 aromatic rings. The van der Waals surface area contributed by atoms with Crippen LogP contribution in [0.5, 0.6) is 0 Å². The van der Waals surface area contributed by atoms with E-state index in [-0.39, 0.29) is 40.9 Å². The number of imide groups is 1. The third-order valence-electron chi connectivity index (χ3n) is 7.04. The van der Waals surface area contributed by atoms with Gasteiger partial charge in [-0.3, -0.25) is 19.3 Å². The number of Topliss-reactive ketones (excluding diaryl/α,β-unsaturated/α-hetero) is 1. The lowest BCUT2D eigenvalue weighted by atomic mass is 9.73. The molecule has 1 saturated heterocycles. The molecule has 3 aromatic carbocycles. The van der Waals surface area contributed by atoms with E-state index >= 15 is 0 Å². The van der Waals surface area contributed by atoms with Crippen LogP contribution < -0.4 is 4.90 Å². The highest BCUT2D eigenvalue weighted by atomic mass is 79.9. The van der Waals surface area contributed by atoms with E-state index in [0.29, 0.717) is 24.1 Å². The van der Waals surface area contributed by atoms with Crippen LogP contribution in [0.25, 0.3) is 0 Å². The van der Waals surface area contributed by atoms with Crippen LogP contribution in [0.2, 0.25) is 0 Å². The average molecular weight is 546 g/mol. The number of halogens is 1. The van der Waals surface area contributed by atoms with Gasteiger partial charge >= 0.3 is 5.97 Å². The highest BCUT2D eigenvalue weighted by Crippen LogP contribution is 2.45. The number of carbonyl (C=O) groups excluding carboxylic acids is 4. The monoisotopic (exact) mass is 545 g/mol. The van der Waals surface area contributed by atoms with Crippen LogP contribution in [0.1, 0.15) is 51.5 Å². The second kappa shape index (κ2) is 10.2. The van der Waals surface area contributed by atoms with Gasteiger partial charge in [0.1, 0.15) is 0 Å². The van der Waals surface area contributed by atoms with Crippen molar-refractivity contribution in [2.75, 3.05) is 11.5 Å². The molecule has 1 saturated carbocycles. The Kier molecular flexibility index (Phi) is 6.83. The van der Waals surface area contributed by atoms with Crippen molar-refractivity contribution in [1.29, 1.82) is 0 Å². The predicted octanol–water partition coefficient (Wildman–Crippen LogP) is 5.56. The number of fused-ring (bicyclic) bond motifs is 1. The Hall–Kier alpha value is -3.58. The van der Waals surface area contributed by atoms with Crippen molar-refractivity contribution in [2.45, 2.75) is 25.2 Å². The van der Waals surface area contributed by atoms with Gasteiger partial charge in [-0.2, -0.15) is 0 Å². The van der Waals surface area contributed by atoms with Gasteiger partial charge in [-0.1, -0.05) is 64.5 Å². The van der Waals surface area contributed by atoms with Gasteiger partial charge in [-0.25, -0.2) is 4.79 Å². The Morgan fingerprint density at radius 1 is 0.833 bits per heavy atom. The van der Waals surface area contributed by atoms with Crippen molar-refractivity contribution in [3.05, 3.63) is 100 Å². The lowest BCUT2D eigenvalue weighted by Crippen LogP contribution is -2.31. The summed E-state index contributed by atoms with van der Waals surface area (Å²) in [4.78, 5) is 52.8. The highest BCUT2D eigenvalue weighted by molar-refractivity contribution is 9.10. The van der Waals surface area contributed by atoms with Crippen LogP contribution in [0.15, 0.2) is 83.3 Å². The molecule has 2 fully saturated rings. The Morgan fingerprint density at radius 3 is 2.31 bits per heavy atom. The molecule has 0 aromatic heterocycles. The molecular weight excluding hydrogens is 522 g/mol. The maximum absolute atomic E-state index is 13.3. The Morgan fingerprint density at radius 2 is 1.56 bits per heavy atom. The summed E-state index contributed by atoms with van der Waals surface area (Å²) in [6.45, 7) is -0.405. The van der Waals surface area contributed by atoms with Crippen molar-refractivity contribution >= 4 is 45.2 Å². The molecule has 0 spiro atoms. The minimum Gasteiger partial charge on any atom is -0.454 e. The first-order valence-electron chi connectivity index (χ1n) is 11.9. The lowest BCUT2D eigenvalue weighted by molar-refractivity contribution is -0.122. The number of nitrogens with zero attached hydrogens (tertiary/aromatic N) is 1. The Labute approximate surface area is 217 Å². The van der Waals surface area contributed by atoms with Crippen molar-refractivity contribution in [3.8, 4) is 0 Å². The quantitative estimate of drug-likeness (QED) is 0.230. The third kappa shape index (κ3) is 4.75. The van der Waals surface area contributed by atoms with E-state index in [0.717, 1.165) is 10.9 Å². The number of esters is 1. The molecule has 36 heavy (non-hydrogen) atoms. The normalized spacial score (nSPS) is 21.2. The number of rotatable bonds is 6. The summed E-state index contributed by atoms with van der Waals surface area (Å²) in [7, 11) is 0. The molecule has 3 atom stereocenters. The molecule has 2 aliphatic rings. The zero-order valence-electron chi connectivity index (χ0n) is 19.4. The second-order valence-electron chi connectivity index (χ2n) is 9.20. The number of carbonyl (C=O) groups is 4. The molecule has 7 heteroatoms. The number of hydrogen-bond donors (Lipinski definition) is 0. The molecule has 6 nitrogen and oxygen atoms in total. The van der Waals surface area contributed by atoms with Crippen LogP contribution in [0.3, 0.4) is 0 Å². The van der Waals surface area contributed by atoms with E-state index in [4.69, 9.17) is 4.74 Å². The van der Waals surface area contributed by atoms with E-state index < -0.39 is 12.6 Å². The topological polar surface area (TPSA) is 80.8 Å². The van der Waals surface area contributed by atoms with E-state index in [2.05, 4.69) is 28.1 Å². The summed E-state index contributed by atoms with van der Waals surface area (Å²) in [5.41, 5.74) is 2.15. The molecule has 0 bridgehead atoms. The number of amides is 2. The maximum atomic E-state index is 13.3. The van der Waals surface area contributed by atoms with Gasteiger partial charge in [0.2, 0.25) is 11.8 Å². The predicted molar refractivity (Wildman–Crippen MR) is 138 cm³/mol.